The van der Waals surface area contributed by atoms with E-state index in [1.807, 2.05) is 19.1 Å². The van der Waals surface area contributed by atoms with E-state index in [0.29, 0.717) is 6.54 Å². The third kappa shape index (κ3) is 3.77. The zero-order valence-corrected chi connectivity index (χ0v) is 12.2. The first-order valence-corrected chi connectivity index (χ1v) is 6.17. The monoisotopic (exact) mass is 266 g/mol. The molecule has 1 aromatic rings. The summed E-state index contributed by atoms with van der Waals surface area (Å²) in [5.41, 5.74) is 2.19. The van der Waals surface area contributed by atoms with E-state index >= 15 is 0 Å². The Bertz CT molecular complexity index is 447. The van der Waals surface area contributed by atoms with Crippen molar-refractivity contribution in [3.8, 4) is 11.5 Å². The number of hydrogen-bond acceptors (Lipinski definition) is 3. The van der Waals surface area contributed by atoms with Crippen molar-refractivity contribution in [1.29, 1.82) is 0 Å². The van der Waals surface area contributed by atoms with E-state index in [1.165, 1.54) is 0 Å². The number of amides is 2. The van der Waals surface area contributed by atoms with Crippen LogP contribution in [0.3, 0.4) is 0 Å². The maximum Gasteiger partial charge on any atom is 0.316 e. The number of carbonyl (C=O) groups is 1. The Labute approximate surface area is 114 Å². The average Bonchev–Trinajstić information content (AvgIpc) is 2.43. The molecule has 19 heavy (non-hydrogen) atoms. The first-order valence-electron chi connectivity index (χ1n) is 6.17. The molecule has 1 N–H and O–H groups in total. The average molecular weight is 266 g/mol. The second-order valence-electron chi connectivity index (χ2n) is 4.35. The lowest BCUT2D eigenvalue weighted by molar-refractivity contribution is 0.211. The van der Waals surface area contributed by atoms with Crippen molar-refractivity contribution in [3.63, 3.8) is 0 Å². The van der Waals surface area contributed by atoms with E-state index in [-0.39, 0.29) is 6.03 Å². The lowest BCUT2D eigenvalue weighted by Crippen LogP contribution is -2.36. The zero-order chi connectivity index (χ0) is 14.4. The van der Waals surface area contributed by atoms with Crippen LogP contribution in [0.15, 0.2) is 12.1 Å². The molecule has 0 aromatic heterocycles. The number of ether oxygens (including phenoxy) is 2. The maximum absolute atomic E-state index is 11.4. The number of hydrogen-bond donors (Lipinski definition) is 1. The van der Waals surface area contributed by atoms with Crippen LogP contribution in [-0.4, -0.2) is 45.8 Å². The molecule has 0 saturated carbocycles. The van der Waals surface area contributed by atoms with Gasteiger partial charge in [-0.2, -0.15) is 0 Å². The van der Waals surface area contributed by atoms with Crippen molar-refractivity contribution >= 4 is 6.03 Å². The quantitative estimate of drug-likeness (QED) is 0.884. The fourth-order valence-electron chi connectivity index (χ4n) is 1.95. The van der Waals surface area contributed by atoms with Gasteiger partial charge in [-0.1, -0.05) is 0 Å². The van der Waals surface area contributed by atoms with Gasteiger partial charge in [0.2, 0.25) is 0 Å². The fraction of sp³-hybridized carbons (Fsp3) is 0.500. The normalized spacial score (nSPS) is 9.95. The molecule has 5 heteroatoms. The van der Waals surface area contributed by atoms with Gasteiger partial charge in [-0.15, -0.1) is 0 Å². The van der Waals surface area contributed by atoms with E-state index in [2.05, 4.69) is 5.32 Å². The standard InChI is InChI=1S/C14H22N2O3/c1-10-8-11(18-4)9-13(19-5)12(10)6-7-16(3)14(17)15-2/h8-9H,6-7H2,1-5H3,(H,15,17). The molecule has 0 aliphatic carbocycles. The smallest absolute Gasteiger partial charge is 0.316 e. The van der Waals surface area contributed by atoms with Gasteiger partial charge >= 0.3 is 6.03 Å². The van der Waals surface area contributed by atoms with Crippen molar-refractivity contribution in [3.05, 3.63) is 23.3 Å². The molecule has 106 valence electrons. The second-order valence-corrected chi connectivity index (χ2v) is 4.35. The summed E-state index contributed by atoms with van der Waals surface area (Å²) in [6, 6.07) is 3.74. The number of nitrogens with zero attached hydrogens (tertiary/aromatic N) is 1. The number of likely N-dealkylation sites (N-methyl/N-ethyl adjacent to an activating group) is 1. The molecule has 0 bridgehead atoms. The van der Waals surface area contributed by atoms with Crippen LogP contribution < -0.4 is 14.8 Å². The minimum atomic E-state index is -0.0925. The van der Waals surface area contributed by atoms with Crippen LogP contribution in [-0.2, 0) is 6.42 Å². The molecule has 0 radical (unpaired) electrons. The van der Waals surface area contributed by atoms with E-state index in [4.69, 9.17) is 9.47 Å². The Morgan fingerprint density at radius 3 is 2.53 bits per heavy atom. The van der Waals surface area contributed by atoms with Gasteiger partial charge in [0.15, 0.2) is 0 Å². The van der Waals surface area contributed by atoms with Crippen LogP contribution in [0.5, 0.6) is 11.5 Å². The van der Waals surface area contributed by atoms with Crippen molar-refractivity contribution in [2.24, 2.45) is 0 Å². The van der Waals surface area contributed by atoms with Gasteiger partial charge in [0, 0.05) is 26.7 Å². The van der Waals surface area contributed by atoms with Crippen molar-refractivity contribution in [2.75, 3.05) is 34.9 Å². The largest absolute Gasteiger partial charge is 0.497 e. The van der Waals surface area contributed by atoms with E-state index < -0.39 is 0 Å². The zero-order valence-electron chi connectivity index (χ0n) is 12.2. The summed E-state index contributed by atoms with van der Waals surface area (Å²) in [4.78, 5) is 13.1. The molecule has 0 unspecified atom stereocenters. The number of methoxy groups -OCH3 is 2. The highest BCUT2D eigenvalue weighted by molar-refractivity contribution is 5.73. The van der Waals surface area contributed by atoms with Crippen molar-refractivity contribution < 1.29 is 14.3 Å². The predicted octanol–water partition coefficient (Wildman–Crippen LogP) is 1.83. The Balaban J connectivity index is 2.86. The third-order valence-corrected chi connectivity index (χ3v) is 3.12. The summed E-state index contributed by atoms with van der Waals surface area (Å²) in [7, 11) is 6.66. The summed E-state index contributed by atoms with van der Waals surface area (Å²) in [6.45, 7) is 2.64. The summed E-state index contributed by atoms with van der Waals surface area (Å²) >= 11 is 0. The fourth-order valence-corrected chi connectivity index (χ4v) is 1.95. The van der Waals surface area contributed by atoms with Crippen LogP contribution in [0.4, 0.5) is 4.79 Å². The molecule has 0 heterocycles. The van der Waals surface area contributed by atoms with Crippen LogP contribution in [0.2, 0.25) is 0 Å². The van der Waals surface area contributed by atoms with Gasteiger partial charge in [-0.25, -0.2) is 4.79 Å². The minimum Gasteiger partial charge on any atom is -0.497 e. The van der Waals surface area contributed by atoms with Crippen molar-refractivity contribution in [1.82, 2.24) is 10.2 Å². The molecule has 0 spiro atoms. The molecule has 5 nitrogen and oxygen atoms in total. The number of aryl methyl sites for hydroxylation is 1. The number of urea groups is 1. The van der Waals surface area contributed by atoms with Crippen LogP contribution in [0.1, 0.15) is 11.1 Å². The number of benzene rings is 1. The maximum atomic E-state index is 11.4. The molecule has 1 aromatic carbocycles. The summed E-state index contributed by atoms with van der Waals surface area (Å²) in [5, 5.41) is 2.60. The lowest BCUT2D eigenvalue weighted by Gasteiger charge is -2.19. The Kier molecular flexibility index (Phi) is 5.48. The molecule has 2 amide bonds. The van der Waals surface area contributed by atoms with Crippen LogP contribution in [0, 0.1) is 6.92 Å². The molecule has 0 saturated heterocycles. The highest BCUT2D eigenvalue weighted by Gasteiger charge is 2.12. The second kappa shape index (κ2) is 6.87. The van der Waals surface area contributed by atoms with E-state index in [1.54, 1.807) is 33.2 Å². The SMILES string of the molecule is CNC(=O)N(C)CCc1c(C)cc(OC)cc1OC. The Morgan fingerprint density at radius 2 is 2.00 bits per heavy atom. The van der Waals surface area contributed by atoms with Crippen LogP contribution in [0.25, 0.3) is 0 Å². The third-order valence-electron chi connectivity index (χ3n) is 3.12. The summed E-state index contributed by atoms with van der Waals surface area (Å²) in [6.07, 6.45) is 0.739. The van der Waals surface area contributed by atoms with Gasteiger partial charge in [0.05, 0.1) is 14.2 Å². The molecule has 0 atom stereocenters. The molecule has 0 aliphatic rings. The first-order chi connectivity index (χ1) is 9.03. The summed E-state index contributed by atoms with van der Waals surface area (Å²) < 4.78 is 10.6. The van der Waals surface area contributed by atoms with Gasteiger partial charge in [0.1, 0.15) is 11.5 Å². The minimum absolute atomic E-state index is 0.0925. The Hall–Kier alpha value is -1.91. The highest BCUT2D eigenvalue weighted by Crippen LogP contribution is 2.28. The highest BCUT2D eigenvalue weighted by atomic mass is 16.5. The number of nitrogens with one attached hydrogen (secondary N) is 1. The first kappa shape index (κ1) is 15.1. The van der Waals surface area contributed by atoms with E-state index in [9.17, 15) is 4.79 Å². The van der Waals surface area contributed by atoms with Gasteiger partial charge < -0.3 is 19.7 Å². The molecular weight excluding hydrogens is 244 g/mol. The number of carbonyl (C=O) groups excluding carboxylic acids is 1. The molecule has 0 aliphatic heterocycles. The number of rotatable bonds is 5. The predicted molar refractivity (Wildman–Crippen MR) is 75.1 cm³/mol. The molecule has 1 rings (SSSR count). The Morgan fingerprint density at radius 1 is 1.32 bits per heavy atom. The molecular formula is C14H22N2O3. The van der Waals surface area contributed by atoms with Crippen LogP contribution >= 0.6 is 0 Å². The van der Waals surface area contributed by atoms with Crippen molar-refractivity contribution in [2.45, 2.75) is 13.3 Å². The lowest BCUT2D eigenvalue weighted by atomic mass is 10.0. The van der Waals surface area contributed by atoms with E-state index in [0.717, 1.165) is 29.0 Å². The summed E-state index contributed by atoms with van der Waals surface area (Å²) in [5.74, 6) is 1.57. The molecule has 0 fully saturated rings. The topological polar surface area (TPSA) is 50.8 Å². The van der Waals surface area contributed by atoms with Gasteiger partial charge in [-0.05, 0) is 30.5 Å². The van der Waals surface area contributed by atoms with Gasteiger partial charge in [0.25, 0.3) is 0 Å². The van der Waals surface area contributed by atoms with Gasteiger partial charge in [-0.3, -0.25) is 0 Å².